The molecule has 7 heteroatoms. The van der Waals surface area contributed by atoms with Crippen LogP contribution < -0.4 is 15.8 Å². The van der Waals surface area contributed by atoms with Crippen molar-refractivity contribution < 1.29 is 23.9 Å². The second-order valence-electron chi connectivity index (χ2n) is 5.62. The first-order valence-corrected chi connectivity index (χ1v) is 7.92. The standard InChI is InChI=1S/C19H20N2O5/c1-12-6-5-8-15(13(12)2)21-18(23)11-26-19(24)14-7-3-4-9-16(14)25-10-17(20)22/h3-9H,10-11H2,1-2H3,(H2,20,22)(H,21,23). The SMILES string of the molecule is Cc1cccc(NC(=O)COC(=O)c2ccccc2OCC(N)=O)c1C. The molecule has 0 saturated heterocycles. The molecule has 0 saturated carbocycles. The molecule has 0 radical (unpaired) electrons. The lowest BCUT2D eigenvalue weighted by atomic mass is 10.1. The topological polar surface area (TPSA) is 108 Å². The summed E-state index contributed by atoms with van der Waals surface area (Å²) in [6.07, 6.45) is 0. The molecular weight excluding hydrogens is 336 g/mol. The zero-order chi connectivity index (χ0) is 19.1. The van der Waals surface area contributed by atoms with Crippen molar-refractivity contribution in [3.63, 3.8) is 0 Å². The van der Waals surface area contributed by atoms with E-state index in [1.165, 1.54) is 12.1 Å². The first-order chi connectivity index (χ1) is 12.4. The number of rotatable bonds is 7. The number of aryl methyl sites for hydroxylation is 1. The summed E-state index contributed by atoms with van der Waals surface area (Å²) in [5.74, 6) is -1.70. The minimum atomic E-state index is -0.735. The third-order valence-electron chi connectivity index (χ3n) is 3.69. The van der Waals surface area contributed by atoms with Gasteiger partial charge in [-0.1, -0.05) is 24.3 Å². The maximum absolute atomic E-state index is 12.2. The van der Waals surface area contributed by atoms with Crippen LogP contribution in [-0.4, -0.2) is 31.0 Å². The van der Waals surface area contributed by atoms with Crippen LogP contribution in [0.3, 0.4) is 0 Å². The molecule has 0 fully saturated rings. The number of ether oxygens (including phenoxy) is 2. The summed E-state index contributed by atoms with van der Waals surface area (Å²) in [5.41, 5.74) is 7.78. The maximum Gasteiger partial charge on any atom is 0.342 e. The van der Waals surface area contributed by atoms with Crippen LogP contribution in [0.25, 0.3) is 0 Å². The van der Waals surface area contributed by atoms with Crippen LogP contribution in [0.4, 0.5) is 5.69 Å². The molecule has 2 aromatic rings. The molecule has 0 aliphatic heterocycles. The highest BCUT2D eigenvalue weighted by atomic mass is 16.5. The molecule has 0 atom stereocenters. The predicted octanol–water partition coefficient (Wildman–Crippen LogP) is 1.96. The van der Waals surface area contributed by atoms with E-state index in [1.807, 2.05) is 26.0 Å². The summed E-state index contributed by atoms with van der Waals surface area (Å²) in [6, 6.07) is 11.8. The summed E-state index contributed by atoms with van der Waals surface area (Å²) in [4.78, 5) is 35.0. The Morgan fingerprint density at radius 2 is 1.73 bits per heavy atom. The van der Waals surface area contributed by atoms with E-state index in [0.29, 0.717) is 5.69 Å². The smallest absolute Gasteiger partial charge is 0.342 e. The van der Waals surface area contributed by atoms with E-state index in [1.54, 1.807) is 18.2 Å². The van der Waals surface area contributed by atoms with Gasteiger partial charge in [0.05, 0.1) is 0 Å². The van der Waals surface area contributed by atoms with Crippen LogP contribution >= 0.6 is 0 Å². The molecule has 0 aliphatic rings. The number of nitrogens with one attached hydrogen (secondary N) is 1. The monoisotopic (exact) mass is 356 g/mol. The van der Waals surface area contributed by atoms with Gasteiger partial charge in [-0.05, 0) is 43.2 Å². The normalized spacial score (nSPS) is 10.1. The molecule has 2 aromatic carbocycles. The van der Waals surface area contributed by atoms with Gasteiger partial charge < -0.3 is 20.5 Å². The minimum absolute atomic E-state index is 0.105. The molecule has 7 nitrogen and oxygen atoms in total. The molecule has 2 amide bonds. The van der Waals surface area contributed by atoms with Crippen molar-refractivity contribution >= 4 is 23.5 Å². The number of carbonyl (C=O) groups excluding carboxylic acids is 3. The van der Waals surface area contributed by atoms with Gasteiger partial charge in [0.25, 0.3) is 11.8 Å². The summed E-state index contributed by atoms with van der Waals surface area (Å²) in [5, 5.41) is 2.70. The van der Waals surface area contributed by atoms with E-state index in [2.05, 4.69) is 5.32 Å². The highest BCUT2D eigenvalue weighted by molar-refractivity contribution is 5.97. The van der Waals surface area contributed by atoms with Crippen molar-refractivity contribution in [3.05, 3.63) is 59.2 Å². The molecule has 3 N–H and O–H groups in total. The van der Waals surface area contributed by atoms with Gasteiger partial charge in [-0.3, -0.25) is 9.59 Å². The number of primary amides is 1. The van der Waals surface area contributed by atoms with Gasteiger partial charge in [0, 0.05) is 5.69 Å². The molecule has 0 heterocycles. The molecular formula is C19H20N2O5. The average Bonchev–Trinajstić information content (AvgIpc) is 2.62. The number of anilines is 1. The van der Waals surface area contributed by atoms with Crippen molar-refractivity contribution in [2.75, 3.05) is 18.5 Å². The molecule has 136 valence electrons. The lowest BCUT2D eigenvalue weighted by molar-refractivity contribution is -0.120. The number of hydrogen-bond acceptors (Lipinski definition) is 5. The van der Waals surface area contributed by atoms with Gasteiger partial charge in [0.2, 0.25) is 0 Å². The van der Waals surface area contributed by atoms with E-state index in [4.69, 9.17) is 15.2 Å². The Labute approximate surface area is 151 Å². The van der Waals surface area contributed by atoms with Crippen LogP contribution in [0.15, 0.2) is 42.5 Å². The summed E-state index contributed by atoms with van der Waals surface area (Å²) in [6.45, 7) is 3.02. The quantitative estimate of drug-likeness (QED) is 0.738. The number of amides is 2. The Morgan fingerprint density at radius 3 is 2.46 bits per heavy atom. The number of hydrogen-bond donors (Lipinski definition) is 2. The molecule has 0 spiro atoms. The van der Waals surface area contributed by atoms with Crippen molar-refractivity contribution in [2.45, 2.75) is 13.8 Å². The molecule has 26 heavy (non-hydrogen) atoms. The second kappa shape index (κ2) is 8.66. The minimum Gasteiger partial charge on any atom is -0.483 e. The zero-order valence-electron chi connectivity index (χ0n) is 14.6. The number of nitrogens with two attached hydrogens (primary N) is 1. The van der Waals surface area contributed by atoms with Crippen molar-refractivity contribution in [1.29, 1.82) is 0 Å². The maximum atomic E-state index is 12.2. The van der Waals surface area contributed by atoms with E-state index in [0.717, 1.165) is 11.1 Å². The molecule has 0 aliphatic carbocycles. The largest absolute Gasteiger partial charge is 0.483 e. The number of benzene rings is 2. The van der Waals surface area contributed by atoms with Gasteiger partial charge in [-0.15, -0.1) is 0 Å². The summed E-state index contributed by atoms with van der Waals surface area (Å²) >= 11 is 0. The van der Waals surface area contributed by atoms with Crippen LogP contribution in [-0.2, 0) is 14.3 Å². The van der Waals surface area contributed by atoms with Crippen LogP contribution in [0.2, 0.25) is 0 Å². The first-order valence-electron chi connectivity index (χ1n) is 7.92. The van der Waals surface area contributed by atoms with E-state index in [-0.39, 0.29) is 17.9 Å². The van der Waals surface area contributed by atoms with Crippen LogP contribution in [0.1, 0.15) is 21.5 Å². The summed E-state index contributed by atoms with van der Waals surface area (Å²) in [7, 11) is 0. The zero-order valence-corrected chi connectivity index (χ0v) is 14.6. The molecule has 0 aromatic heterocycles. The molecule has 2 rings (SSSR count). The number of esters is 1. The fourth-order valence-corrected chi connectivity index (χ4v) is 2.19. The van der Waals surface area contributed by atoms with E-state index < -0.39 is 24.4 Å². The van der Waals surface area contributed by atoms with Gasteiger partial charge in [-0.25, -0.2) is 4.79 Å². The molecule has 0 unspecified atom stereocenters. The van der Waals surface area contributed by atoms with Gasteiger partial charge in [0.1, 0.15) is 11.3 Å². The van der Waals surface area contributed by atoms with Gasteiger partial charge in [-0.2, -0.15) is 0 Å². The number of para-hydroxylation sites is 1. The Hall–Kier alpha value is -3.35. The average molecular weight is 356 g/mol. The second-order valence-corrected chi connectivity index (χ2v) is 5.62. The lowest BCUT2D eigenvalue weighted by Gasteiger charge is -2.12. The van der Waals surface area contributed by atoms with Crippen LogP contribution in [0, 0.1) is 13.8 Å². The molecule has 0 bridgehead atoms. The van der Waals surface area contributed by atoms with Crippen LogP contribution in [0.5, 0.6) is 5.75 Å². The fraction of sp³-hybridized carbons (Fsp3) is 0.211. The third kappa shape index (κ3) is 5.07. The van der Waals surface area contributed by atoms with Crippen molar-refractivity contribution in [1.82, 2.24) is 0 Å². The fourth-order valence-electron chi connectivity index (χ4n) is 2.19. The highest BCUT2D eigenvalue weighted by Gasteiger charge is 2.16. The van der Waals surface area contributed by atoms with Crippen molar-refractivity contribution in [3.8, 4) is 5.75 Å². The van der Waals surface area contributed by atoms with Crippen molar-refractivity contribution in [2.24, 2.45) is 5.73 Å². The van der Waals surface area contributed by atoms with E-state index in [9.17, 15) is 14.4 Å². The third-order valence-corrected chi connectivity index (χ3v) is 3.69. The predicted molar refractivity (Wildman–Crippen MR) is 96.0 cm³/mol. The Bertz CT molecular complexity index is 832. The highest BCUT2D eigenvalue weighted by Crippen LogP contribution is 2.20. The van der Waals surface area contributed by atoms with Gasteiger partial charge in [0.15, 0.2) is 13.2 Å². The Morgan fingerprint density at radius 1 is 1.00 bits per heavy atom. The van der Waals surface area contributed by atoms with E-state index >= 15 is 0 Å². The Balaban J connectivity index is 1.97. The first kappa shape index (κ1) is 19.0. The Kier molecular flexibility index (Phi) is 6.32. The summed E-state index contributed by atoms with van der Waals surface area (Å²) < 4.78 is 10.2. The van der Waals surface area contributed by atoms with Gasteiger partial charge >= 0.3 is 5.97 Å². The number of carbonyl (C=O) groups is 3. The lowest BCUT2D eigenvalue weighted by Crippen LogP contribution is -2.23.